The van der Waals surface area contributed by atoms with Crippen molar-refractivity contribution in [3.63, 3.8) is 0 Å². The Morgan fingerprint density at radius 3 is 2.73 bits per heavy atom. The molecule has 30 heavy (non-hydrogen) atoms. The number of halogens is 2. The fourth-order valence-corrected chi connectivity index (χ4v) is 4.38. The first-order valence-corrected chi connectivity index (χ1v) is 9.69. The molecule has 8 heteroatoms. The number of benzene rings is 1. The van der Waals surface area contributed by atoms with Crippen LogP contribution in [-0.4, -0.2) is 37.1 Å². The summed E-state index contributed by atoms with van der Waals surface area (Å²) in [4.78, 5) is 22.4. The minimum Gasteiger partial charge on any atom is -0.346 e. The first kappa shape index (κ1) is 18.5. The van der Waals surface area contributed by atoms with Gasteiger partial charge in [-0.2, -0.15) is 5.10 Å². The molecule has 3 aromatic heterocycles. The molecule has 152 valence electrons. The van der Waals surface area contributed by atoms with Crippen LogP contribution < -0.4 is 0 Å². The second-order valence-corrected chi connectivity index (χ2v) is 7.52. The maximum Gasteiger partial charge on any atom is 0.255 e. The van der Waals surface area contributed by atoms with E-state index in [1.54, 1.807) is 35.1 Å². The van der Waals surface area contributed by atoms with Crippen LogP contribution >= 0.6 is 0 Å². The van der Waals surface area contributed by atoms with Crippen molar-refractivity contribution in [2.45, 2.75) is 19.4 Å². The van der Waals surface area contributed by atoms with E-state index in [0.29, 0.717) is 35.4 Å². The molecule has 0 bridgehead atoms. The number of H-pyrrole nitrogens is 1. The molecule has 0 aliphatic carbocycles. The zero-order valence-electron chi connectivity index (χ0n) is 16.5. The third-order valence-electron chi connectivity index (χ3n) is 5.73. The summed E-state index contributed by atoms with van der Waals surface area (Å²) in [5, 5.41) is 5.38. The molecule has 6 nitrogen and oxygen atoms in total. The maximum absolute atomic E-state index is 13.8. The molecule has 0 unspecified atom stereocenters. The third kappa shape index (κ3) is 2.79. The number of aromatic amines is 1. The number of pyridine rings is 1. The van der Waals surface area contributed by atoms with E-state index in [1.165, 1.54) is 12.1 Å². The van der Waals surface area contributed by atoms with Gasteiger partial charge in [-0.1, -0.05) is 0 Å². The van der Waals surface area contributed by atoms with Crippen LogP contribution in [0.2, 0.25) is 0 Å². The molecule has 0 fully saturated rings. The van der Waals surface area contributed by atoms with Crippen LogP contribution in [-0.2, 0) is 13.5 Å². The Bertz CT molecular complexity index is 1270. The second kappa shape index (κ2) is 6.76. The van der Waals surface area contributed by atoms with Crippen molar-refractivity contribution in [1.82, 2.24) is 24.6 Å². The predicted octanol–water partition coefficient (Wildman–Crippen LogP) is 4.00. The quantitative estimate of drug-likeness (QED) is 0.546. The van der Waals surface area contributed by atoms with Gasteiger partial charge in [0, 0.05) is 48.6 Å². The van der Waals surface area contributed by atoms with Crippen molar-refractivity contribution in [1.29, 1.82) is 0 Å². The van der Waals surface area contributed by atoms with Gasteiger partial charge in [0.2, 0.25) is 0 Å². The monoisotopic (exact) mass is 407 g/mol. The van der Waals surface area contributed by atoms with Crippen LogP contribution in [0.1, 0.15) is 34.6 Å². The number of nitrogens with zero attached hydrogens (tertiary/aromatic N) is 4. The summed E-state index contributed by atoms with van der Waals surface area (Å²) in [5.74, 6) is -1.35. The molecule has 1 atom stereocenters. The summed E-state index contributed by atoms with van der Waals surface area (Å²) in [7, 11) is 1.75. The number of nitrogens with one attached hydrogen (secondary N) is 1. The largest absolute Gasteiger partial charge is 0.346 e. The molecule has 1 aliphatic heterocycles. The lowest BCUT2D eigenvalue weighted by Gasteiger charge is -2.33. The van der Waals surface area contributed by atoms with Gasteiger partial charge in [0.05, 0.1) is 23.0 Å². The highest BCUT2D eigenvalue weighted by molar-refractivity contribution is 6.05. The van der Waals surface area contributed by atoms with Gasteiger partial charge in [-0.15, -0.1) is 0 Å². The molecule has 0 radical (unpaired) electrons. The van der Waals surface area contributed by atoms with Crippen LogP contribution in [0.25, 0.3) is 22.3 Å². The first-order valence-electron chi connectivity index (χ1n) is 9.69. The predicted molar refractivity (Wildman–Crippen MR) is 108 cm³/mol. The number of fused-ring (bicyclic) bond motifs is 2. The minimum atomic E-state index is -0.631. The Hall–Kier alpha value is -3.55. The van der Waals surface area contributed by atoms with E-state index < -0.39 is 11.6 Å². The van der Waals surface area contributed by atoms with E-state index in [1.807, 2.05) is 13.0 Å². The topological polar surface area (TPSA) is 66.8 Å². The van der Waals surface area contributed by atoms with Crippen molar-refractivity contribution in [2.24, 2.45) is 7.05 Å². The number of hydrogen-bond donors (Lipinski definition) is 1. The molecule has 0 saturated heterocycles. The van der Waals surface area contributed by atoms with Crippen LogP contribution in [0.3, 0.4) is 0 Å². The average molecular weight is 407 g/mol. The summed E-state index contributed by atoms with van der Waals surface area (Å²) >= 11 is 0. The van der Waals surface area contributed by atoms with Crippen LogP contribution in [0.5, 0.6) is 0 Å². The Morgan fingerprint density at radius 2 is 1.97 bits per heavy atom. The number of rotatable bonds is 2. The Labute approximate surface area is 171 Å². The van der Waals surface area contributed by atoms with Gasteiger partial charge in [0.15, 0.2) is 0 Å². The SMILES string of the molecule is C[C@H]1c2nn(C)c(-c3cc(F)cc(F)c3)c2CCN1C(=O)c1ccnc2[nH]ccc12. The smallest absolute Gasteiger partial charge is 0.255 e. The molecule has 4 heterocycles. The highest BCUT2D eigenvalue weighted by Gasteiger charge is 2.34. The van der Waals surface area contributed by atoms with Crippen LogP contribution in [0.15, 0.2) is 42.7 Å². The van der Waals surface area contributed by atoms with Crippen molar-refractivity contribution in [3.05, 3.63) is 71.2 Å². The Balaban J connectivity index is 1.54. The average Bonchev–Trinajstić information content (AvgIpc) is 3.31. The lowest BCUT2D eigenvalue weighted by atomic mass is 9.95. The van der Waals surface area contributed by atoms with E-state index in [-0.39, 0.29) is 11.9 Å². The molecule has 1 aliphatic rings. The standard InChI is InChI=1S/C22H19F2N5O/c1-12-19-18(20(28(2)27-19)13-9-14(23)11-15(24)10-13)5-8-29(12)22(30)17-4-7-26-21-16(17)3-6-25-21/h3-4,6-7,9-12H,5,8H2,1-2H3,(H,25,26)/t12-/m0/s1. The summed E-state index contributed by atoms with van der Waals surface area (Å²) in [6, 6.07) is 6.75. The Kier molecular flexibility index (Phi) is 4.16. The molecular weight excluding hydrogens is 388 g/mol. The van der Waals surface area contributed by atoms with Gasteiger partial charge < -0.3 is 9.88 Å². The normalized spacial score (nSPS) is 16.1. The van der Waals surface area contributed by atoms with E-state index in [2.05, 4.69) is 15.1 Å². The highest BCUT2D eigenvalue weighted by Crippen LogP contribution is 2.36. The number of aryl methyl sites for hydroxylation is 1. The third-order valence-corrected chi connectivity index (χ3v) is 5.73. The van der Waals surface area contributed by atoms with Gasteiger partial charge >= 0.3 is 0 Å². The number of aromatic nitrogens is 4. The number of hydrogen-bond acceptors (Lipinski definition) is 3. The van der Waals surface area contributed by atoms with Crippen molar-refractivity contribution < 1.29 is 13.6 Å². The highest BCUT2D eigenvalue weighted by atomic mass is 19.1. The van der Waals surface area contributed by atoms with Crippen molar-refractivity contribution in [3.8, 4) is 11.3 Å². The zero-order valence-corrected chi connectivity index (χ0v) is 16.5. The van der Waals surface area contributed by atoms with Crippen LogP contribution in [0.4, 0.5) is 8.78 Å². The van der Waals surface area contributed by atoms with Gasteiger partial charge in [0.25, 0.3) is 5.91 Å². The summed E-state index contributed by atoms with van der Waals surface area (Å²) in [6.07, 6.45) is 3.92. The summed E-state index contributed by atoms with van der Waals surface area (Å²) < 4.78 is 29.2. The molecule has 1 amide bonds. The first-order chi connectivity index (χ1) is 14.4. The number of carbonyl (C=O) groups excluding carboxylic acids is 1. The molecule has 4 aromatic rings. The van der Waals surface area contributed by atoms with Gasteiger partial charge in [-0.3, -0.25) is 9.48 Å². The molecule has 0 saturated carbocycles. The van der Waals surface area contributed by atoms with Gasteiger partial charge in [0.1, 0.15) is 17.3 Å². The van der Waals surface area contributed by atoms with Crippen LogP contribution in [0, 0.1) is 11.6 Å². The molecule has 1 N–H and O–H groups in total. The number of amides is 1. The second-order valence-electron chi connectivity index (χ2n) is 7.52. The van der Waals surface area contributed by atoms with Crippen molar-refractivity contribution in [2.75, 3.05) is 6.54 Å². The fraction of sp³-hybridized carbons (Fsp3) is 0.227. The molecule has 0 spiro atoms. The van der Waals surface area contributed by atoms with Gasteiger partial charge in [-0.05, 0) is 37.6 Å². The Morgan fingerprint density at radius 1 is 1.20 bits per heavy atom. The van der Waals surface area contributed by atoms with E-state index in [0.717, 1.165) is 22.7 Å². The lowest BCUT2D eigenvalue weighted by Crippen LogP contribution is -2.39. The maximum atomic E-state index is 13.8. The summed E-state index contributed by atoms with van der Waals surface area (Å²) in [6.45, 7) is 2.41. The van der Waals surface area contributed by atoms with E-state index >= 15 is 0 Å². The van der Waals surface area contributed by atoms with E-state index in [9.17, 15) is 13.6 Å². The fourth-order valence-electron chi connectivity index (χ4n) is 4.38. The minimum absolute atomic E-state index is 0.0934. The summed E-state index contributed by atoms with van der Waals surface area (Å²) in [5.41, 5.74) is 4.04. The molecular formula is C22H19F2N5O. The molecule has 5 rings (SSSR count). The molecule has 1 aromatic carbocycles. The lowest BCUT2D eigenvalue weighted by molar-refractivity contribution is 0.0675. The van der Waals surface area contributed by atoms with Gasteiger partial charge in [-0.25, -0.2) is 13.8 Å². The van der Waals surface area contributed by atoms with E-state index in [4.69, 9.17) is 0 Å². The number of carbonyl (C=O) groups is 1. The zero-order chi connectivity index (χ0) is 21.0. The van der Waals surface area contributed by atoms with Crippen molar-refractivity contribution >= 4 is 16.9 Å².